The van der Waals surface area contributed by atoms with Gasteiger partial charge >= 0.3 is 0 Å². The van der Waals surface area contributed by atoms with Gasteiger partial charge in [0.2, 0.25) is 0 Å². The maximum absolute atomic E-state index is 14.4. The summed E-state index contributed by atoms with van der Waals surface area (Å²) in [4.78, 5) is 4.57. The molecule has 27 heavy (non-hydrogen) atoms. The first-order valence-electron chi connectivity index (χ1n) is 8.27. The highest BCUT2D eigenvalue weighted by Crippen LogP contribution is 2.26. The highest BCUT2D eigenvalue weighted by Gasteiger charge is 2.15. The van der Waals surface area contributed by atoms with Crippen LogP contribution in [0.5, 0.6) is 0 Å². The Hall–Kier alpha value is -2.31. The van der Waals surface area contributed by atoms with E-state index in [0.29, 0.717) is 27.4 Å². The van der Waals surface area contributed by atoms with E-state index < -0.39 is 22.6 Å². The summed E-state index contributed by atoms with van der Waals surface area (Å²) in [7, 11) is -1.81. The van der Waals surface area contributed by atoms with E-state index >= 15 is 0 Å². The predicted molar refractivity (Wildman–Crippen MR) is 106 cm³/mol. The topological polar surface area (TPSA) is 42.0 Å². The lowest BCUT2D eigenvalue weighted by molar-refractivity contribution is 0.591. The predicted octanol–water partition coefficient (Wildman–Crippen LogP) is 5.81. The minimum Gasteiger partial charge on any atom is -0.298 e. The molecule has 3 nitrogen and oxygen atoms in total. The molecular weight excluding hydrogens is 390 g/mol. The zero-order chi connectivity index (χ0) is 19.6. The Labute approximate surface area is 163 Å². The van der Waals surface area contributed by atoms with E-state index in [0.717, 1.165) is 17.7 Å². The first-order chi connectivity index (χ1) is 12.9. The van der Waals surface area contributed by atoms with Crippen LogP contribution in [0.25, 0.3) is 10.9 Å². The molecule has 0 bridgehead atoms. The normalized spacial score (nSPS) is 12.1. The summed E-state index contributed by atoms with van der Waals surface area (Å²) in [6, 6.07) is 10.4. The summed E-state index contributed by atoms with van der Waals surface area (Å²) < 4.78 is 44.0. The Bertz CT molecular complexity index is 1060. The number of halogens is 3. The molecule has 0 fully saturated rings. The van der Waals surface area contributed by atoms with Crippen LogP contribution in [-0.4, -0.2) is 9.19 Å². The number of hydrogen-bond acceptors (Lipinski definition) is 2. The number of nitrogens with zero attached hydrogens (tertiary/aromatic N) is 1. The molecule has 0 aliphatic heterocycles. The maximum atomic E-state index is 14.4. The highest BCUT2D eigenvalue weighted by molar-refractivity contribution is 7.86. The molecule has 140 valence electrons. The van der Waals surface area contributed by atoms with Crippen LogP contribution in [0.2, 0.25) is 5.15 Å². The average Bonchev–Trinajstić information content (AvgIpc) is 2.64. The molecule has 0 aliphatic carbocycles. The van der Waals surface area contributed by atoms with E-state index in [1.807, 2.05) is 6.92 Å². The van der Waals surface area contributed by atoms with Crippen LogP contribution >= 0.6 is 11.6 Å². The van der Waals surface area contributed by atoms with Gasteiger partial charge in [0.05, 0.1) is 16.1 Å². The summed E-state index contributed by atoms with van der Waals surface area (Å²) in [5.41, 5.74) is 1.42. The van der Waals surface area contributed by atoms with Crippen molar-refractivity contribution in [1.82, 2.24) is 4.98 Å². The van der Waals surface area contributed by atoms with E-state index in [-0.39, 0.29) is 17.7 Å². The Morgan fingerprint density at radius 2 is 2.00 bits per heavy atom. The summed E-state index contributed by atoms with van der Waals surface area (Å²) in [6.45, 7) is 5.72. The number of aromatic nitrogens is 1. The molecule has 1 heterocycles. The molecule has 1 unspecified atom stereocenters. The van der Waals surface area contributed by atoms with Crippen molar-refractivity contribution in [3.8, 4) is 0 Å². The molecule has 0 saturated heterocycles. The van der Waals surface area contributed by atoms with E-state index in [1.54, 1.807) is 30.3 Å². The summed E-state index contributed by atoms with van der Waals surface area (Å²) in [5, 5.41) is 0.931. The Balaban J connectivity index is 1.91. The van der Waals surface area contributed by atoms with Crippen molar-refractivity contribution in [3.05, 3.63) is 77.0 Å². The monoisotopic (exact) mass is 406 g/mol. The molecular formula is C20H17ClF2N2OS. The van der Waals surface area contributed by atoms with Crippen molar-refractivity contribution in [2.24, 2.45) is 0 Å². The van der Waals surface area contributed by atoms with Crippen molar-refractivity contribution in [3.63, 3.8) is 0 Å². The first kappa shape index (κ1) is 19.5. The van der Waals surface area contributed by atoms with Crippen LogP contribution in [0.3, 0.4) is 0 Å². The second-order valence-corrected chi connectivity index (χ2v) is 7.60. The van der Waals surface area contributed by atoms with Gasteiger partial charge in [0.15, 0.2) is 11.0 Å². The third-order valence-corrected chi connectivity index (χ3v) is 5.51. The molecule has 0 amide bonds. The summed E-state index contributed by atoms with van der Waals surface area (Å²) in [6.07, 6.45) is 0.947. The zero-order valence-corrected chi connectivity index (χ0v) is 16.1. The molecule has 1 N–H and O–H groups in total. The molecule has 3 rings (SSSR count). The van der Waals surface area contributed by atoms with Crippen LogP contribution in [0.4, 0.5) is 14.5 Å². The van der Waals surface area contributed by atoms with E-state index in [4.69, 9.17) is 11.6 Å². The number of rotatable bonds is 6. The Kier molecular flexibility index (Phi) is 5.87. The lowest BCUT2D eigenvalue weighted by Gasteiger charge is -2.12. The van der Waals surface area contributed by atoms with Crippen molar-refractivity contribution >= 4 is 39.2 Å². The van der Waals surface area contributed by atoms with Crippen molar-refractivity contribution in [2.45, 2.75) is 24.7 Å². The molecule has 0 radical (unpaired) electrons. The average molecular weight is 407 g/mol. The standard InChI is InChI=1S/C20H17ClF2N2OS/c1-3-12(2)9-13-10-16(23)18(11-15(13)22)25-27(26)19-6-4-5-17-14(19)7-8-20(21)24-17/h4-8,10-11,25H,2-3,9H2,1H3. The molecule has 0 spiro atoms. The number of allylic oxidation sites excluding steroid dienone is 1. The summed E-state index contributed by atoms with van der Waals surface area (Å²) in [5.74, 6) is -1.25. The van der Waals surface area contributed by atoms with Gasteiger partial charge < -0.3 is 0 Å². The molecule has 3 aromatic rings. The third kappa shape index (κ3) is 4.34. The van der Waals surface area contributed by atoms with Gasteiger partial charge in [-0.05, 0) is 48.7 Å². The van der Waals surface area contributed by atoms with Crippen molar-refractivity contribution in [1.29, 1.82) is 0 Å². The SMILES string of the molecule is C=C(CC)Cc1cc(F)c(NS(=O)c2cccc3nc(Cl)ccc23)cc1F. The number of nitrogens with one attached hydrogen (secondary N) is 1. The minimum absolute atomic E-state index is 0.171. The first-order valence-corrected chi connectivity index (χ1v) is 9.80. The van der Waals surface area contributed by atoms with Crippen LogP contribution in [0.15, 0.2) is 59.5 Å². The van der Waals surface area contributed by atoms with E-state index in [1.165, 1.54) is 0 Å². The number of fused-ring (bicyclic) bond motifs is 1. The second-order valence-electron chi connectivity index (χ2n) is 6.03. The van der Waals surface area contributed by atoms with E-state index in [2.05, 4.69) is 16.3 Å². The highest BCUT2D eigenvalue weighted by atomic mass is 35.5. The van der Waals surface area contributed by atoms with Crippen molar-refractivity contribution < 1.29 is 13.0 Å². The second kappa shape index (κ2) is 8.15. The van der Waals surface area contributed by atoms with Gasteiger partial charge in [0.1, 0.15) is 16.8 Å². The van der Waals surface area contributed by atoms with Gasteiger partial charge in [-0.15, -0.1) is 0 Å². The quantitative estimate of drug-likeness (QED) is 0.414. The van der Waals surface area contributed by atoms with Gasteiger partial charge in [0, 0.05) is 11.5 Å². The molecule has 1 atom stereocenters. The summed E-state index contributed by atoms with van der Waals surface area (Å²) >= 11 is 5.88. The minimum atomic E-state index is -1.81. The lowest BCUT2D eigenvalue weighted by atomic mass is 10.0. The fourth-order valence-corrected chi connectivity index (χ4v) is 3.81. The van der Waals surface area contributed by atoms with Crippen LogP contribution in [0.1, 0.15) is 18.9 Å². The zero-order valence-electron chi connectivity index (χ0n) is 14.6. The van der Waals surface area contributed by atoms with Gasteiger partial charge in [-0.1, -0.05) is 36.7 Å². The molecule has 7 heteroatoms. The van der Waals surface area contributed by atoms with Crippen LogP contribution in [0, 0.1) is 11.6 Å². The van der Waals surface area contributed by atoms with Gasteiger partial charge in [-0.25, -0.2) is 18.0 Å². The number of hydrogen-bond donors (Lipinski definition) is 1. The van der Waals surface area contributed by atoms with Crippen molar-refractivity contribution in [2.75, 3.05) is 4.72 Å². The Morgan fingerprint density at radius 3 is 2.74 bits per heavy atom. The molecule has 2 aromatic carbocycles. The number of anilines is 1. The van der Waals surface area contributed by atoms with Gasteiger partial charge in [-0.3, -0.25) is 4.72 Å². The fourth-order valence-electron chi connectivity index (χ4n) is 2.61. The molecule has 0 saturated carbocycles. The van der Waals surface area contributed by atoms with Crippen LogP contribution in [-0.2, 0) is 17.4 Å². The number of benzene rings is 2. The molecule has 1 aromatic heterocycles. The van der Waals surface area contributed by atoms with E-state index in [9.17, 15) is 13.0 Å². The lowest BCUT2D eigenvalue weighted by Crippen LogP contribution is -2.08. The third-order valence-electron chi connectivity index (χ3n) is 4.14. The molecule has 0 aliphatic rings. The van der Waals surface area contributed by atoms with Crippen LogP contribution < -0.4 is 4.72 Å². The van der Waals surface area contributed by atoms with Gasteiger partial charge in [-0.2, -0.15) is 0 Å². The fraction of sp³-hybridized carbons (Fsp3) is 0.150. The maximum Gasteiger partial charge on any atom is 0.151 e. The largest absolute Gasteiger partial charge is 0.298 e. The Morgan fingerprint density at radius 1 is 1.22 bits per heavy atom. The van der Waals surface area contributed by atoms with Gasteiger partial charge in [0.25, 0.3) is 0 Å². The smallest absolute Gasteiger partial charge is 0.151 e. The number of pyridine rings is 1.